The van der Waals surface area contributed by atoms with Crippen LogP contribution in [0, 0.1) is 0 Å². The molecule has 0 N–H and O–H groups in total. The maximum Gasteiger partial charge on any atom is 0.229 e. The van der Waals surface area contributed by atoms with Gasteiger partial charge >= 0.3 is 0 Å². The fourth-order valence-corrected chi connectivity index (χ4v) is 2.16. The Morgan fingerprint density at radius 3 is 2.93 bits per heavy atom. The summed E-state index contributed by atoms with van der Waals surface area (Å²) < 4.78 is 0. The molecule has 14 heavy (non-hydrogen) atoms. The molecular formula is C9H9N3S2. The number of hydrogen-bond acceptors (Lipinski definition) is 5. The fraction of sp³-hybridized carbons (Fsp3) is 0.222. The Bertz CT molecular complexity index is 392. The Morgan fingerprint density at radius 1 is 1.36 bits per heavy atom. The van der Waals surface area contributed by atoms with E-state index in [2.05, 4.69) is 21.3 Å². The molecule has 0 saturated carbocycles. The van der Waals surface area contributed by atoms with Gasteiger partial charge in [0.2, 0.25) is 5.13 Å². The predicted octanol–water partition coefficient (Wildman–Crippen LogP) is 4.05. The van der Waals surface area contributed by atoms with Gasteiger partial charge in [-0.25, -0.2) is 4.98 Å². The summed E-state index contributed by atoms with van der Waals surface area (Å²) in [5.41, 5.74) is 0. The largest absolute Gasteiger partial charge is 0.229 e. The van der Waals surface area contributed by atoms with E-state index < -0.39 is 0 Å². The fourth-order valence-electron chi connectivity index (χ4n) is 0.987. The molecule has 1 atom stereocenters. The average molecular weight is 223 g/mol. The van der Waals surface area contributed by atoms with Crippen molar-refractivity contribution in [3.05, 3.63) is 34.0 Å². The summed E-state index contributed by atoms with van der Waals surface area (Å²) in [6.45, 7) is 2.03. The van der Waals surface area contributed by atoms with Gasteiger partial charge in [0.15, 0.2) is 0 Å². The minimum atomic E-state index is 0.124. The number of aromatic nitrogens is 1. The van der Waals surface area contributed by atoms with Gasteiger partial charge in [-0.1, -0.05) is 6.07 Å². The third-order valence-corrected chi connectivity index (χ3v) is 3.39. The highest BCUT2D eigenvalue weighted by molar-refractivity contribution is 7.13. The van der Waals surface area contributed by atoms with E-state index in [0.29, 0.717) is 5.13 Å². The monoisotopic (exact) mass is 223 g/mol. The highest BCUT2D eigenvalue weighted by Gasteiger charge is 2.03. The van der Waals surface area contributed by atoms with E-state index in [1.165, 1.54) is 16.2 Å². The molecule has 0 aliphatic rings. The van der Waals surface area contributed by atoms with Crippen molar-refractivity contribution in [2.45, 2.75) is 13.0 Å². The maximum atomic E-state index is 4.19. The third-order valence-electron chi connectivity index (χ3n) is 1.69. The molecule has 0 aliphatic carbocycles. The third kappa shape index (κ3) is 2.24. The second-order valence-corrected chi connectivity index (χ2v) is 4.57. The second-order valence-electron chi connectivity index (χ2n) is 2.72. The molecule has 1 unspecified atom stereocenters. The van der Waals surface area contributed by atoms with Crippen LogP contribution >= 0.6 is 22.7 Å². The van der Waals surface area contributed by atoms with Crippen LogP contribution in [-0.2, 0) is 0 Å². The van der Waals surface area contributed by atoms with Gasteiger partial charge < -0.3 is 0 Å². The molecule has 0 bridgehead atoms. The van der Waals surface area contributed by atoms with Gasteiger partial charge in [0.05, 0.1) is 0 Å². The first-order chi connectivity index (χ1) is 6.86. The van der Waals surface area contributed by atoms with Crippen molar-refractivity contribution >= 4 is 27.8 Å². The Kier molecular flexibility index (Phi) is 3.00. The first kappa shape index (κ1) is 9.48. The van der Waals surface area contributed by atoms with Gasteiger partial charge in [-0.3, -0.25) is 0 Å². The van der Waals surface area contributed by atoms with E-state index in [0.717, 1.165) is 0 Å². The lowest BCUT2D eigenvalue weighted by atomic mass is 10.3. The summed E-state index contributed by atoms with van der Waals surface area (Å²) in [5.74, 6) is 0. The predicted molar refractivity (Wildman–Crippen MR) is 59.4 cm³/mol. The van der Waals surface area contributed by atoms with E-state index in [4.69, 9.17) is 0 Å². The van der Waals surface area contributed by atoms with Crippen molar-refractivity contribution in [3.63, 3.8) is 0 Å². The molecule has 0 spiro atoms. The quantitative estimate of drug-likeness (QED) is 0.723. The van der Waals surface area contributed by atoms with Crippen LogP contribution < -0.4 is 0 Å². The minimum absolute atomic E-state index is 0.124. The van der Waals surface area contributed by atoms with E-state index >= 15 is 0 Å². The Hall–Kier alpha value is -1.07. The Morgan fingerprint density at radius 2 is 2.29 bits per heavy atom. The van der Waals surface area contributed by atoms with E-state index in [1.54, 1.807) is 17.5 Å². The van der Waals surface area contributed by atoms with Crippen LogP contribution in [0.15, 0.2) is 39.3 Å². The standard InChI is InChI=1S/C9H9N3S2/c1-7(8-3-2-5-13-8)11-12-9-10-4-6-14-9/h2-7H,1H3. The SMILES string of the molecule is CC(N=Nc1nccs1)c1cccs1. The van der Waals surface area contributed by atoms with Crippen molar-refractivity contribution < 1.29 is 0 Å². The van der Waals surface area contributed by atoms with Crippen LogP contribution in [0.4, 0.5) is 5.13 Å². The Labute approximate surface area is 90.2 Å². The van der Waals surface area contributed by atoms with Crippen LogP contribution in [0.5, 0.6) is 0 Å². The first-order valence-corrected chi connectivity index (χ1v) is 5.96. The average Bonchev–Trinajstić information content (AvgIpc) is 2.87. The molecule has 0 fully saturated rings. The van der Waals surface area contributed by atoms with E-state index in [-0.39, 0.29) is 6.04 Å². The summed E-state index contributed by atoms with van der Waals surface area (Å²) >= 11 is 3.19. The van der Waals surface area contributed by atoms with Crippen LogP contribution in [-0.4, -0.2) is 4.98 Å². The molecule has 2 rings (SSSR count). The lowest BCUT2D eigenvalue weighted by Crippen LogP contribution is -1.81. The Balaban J connectivity index is 2.05. The number of thiophene rings is 1. The number of azo groups is 1. The minimum Gasteiger partial charge on any atom is -0.226 e. The van der Waals surface area contributed by atoms with Gasteiger partial charge in [-0.2, -0.15) is 5.11 Å². The van der Waals surface area contributed by atoms with Gasteiger partial charge in [-0.05, 0) is 18.4 Å². The van der Waals surface area contributed by atoms with Crippen molar-refractivity contribution in [3.8, 4) is 0 Å². The van der Waals surface area contributed by atoms with Crippen molar-refractivity contribution in [2.24, 2.45) is 10.2 Å². The van der Waals surface area contributed by atoms with Gasteiger partial charge in [0, 0.05) is 16.5 Å². The normalized spacial score (nSPS) is 13.5. The topological polar surface area (TPSA) is 37.6 Å². The maximum absolute atomic E-state index is 4.19. The molecular weight excluding hydrogens is 214 g/mol. The van der Waals surface area contributed by atoms with Gasteiger partial charge in [0.1, 0.15) is 6.04 Å². The number of thiazole rings is 1. The summed E-state index contributed by atoms with van der Waals surface area (Å²) in [6.07, 6.45) is 1.73. The molecule has 72 valence electrons. The zero-order chi connectivity index (χ0) is 9.80. The number of hydrogen-bond donors (Lipinski definition) is 0. The molecule has 0 aromatic carbocycles. The highest BCUT2D eigenvalue weighted by atomic mass is 32.1. The summed E-state index contributed by atoms with van der Waals surface area (Å²) in [7, 11) is 0. The summed E-state index contributed by atoms with van der Waals surface area (Å²) in [5, 5.41) is 12.9. The second kappa shape index (κ2) is 4.43. The van der Waals surface area contributed by atoms with E-state index in [1.807, 2.05) is 23.8 Å². The molecule has 5 heteroatoms. The lowest BCUT2D eigenvalue weighted by molar-refractivity contribution is 0.778. The van der Waals surface area contributed by atoms with Crippen molar-refractivity contribution in [1.82, 2.24) is 4.98 Å². The van der Waals surface area contributed by atoms with Gasteiger partial charge in [0.25, 0.3) is 0 Å². The summed E-state index contributed by atoms with van der Waals surface area (Å²) in [6, 6.07) is 4.21. The molecule has 0 saturated heterocycles. The smallest absolute Gasteiger partial charge is 0.226 e. The molecule has 0 aliphatic heterocycles. The molecule has 2 aromatic heterocycles. The molecule has 0 amide bonds. The van der Waals surface area contributed by atoms with Crippen molar-refractivity contribution in [1.29, 1.82) is 0 Å². The molecule has 3 nitrogen and oxygen atoms in total. The lowest BCUT2D eigenvalue weighted by Gasteiger charge is -1.98. The van der Waals surface area contributed by atoms with Crippen LogP contribution in [0.25, 0.3) is 0 Å². The van der Waals surface area contributed by atoms with Crippen LogP contribution in [0.2, 0.25) is 0 Å². The van der Waals surface area contributed by atoms with Crippen LogP contribution in [0.1, 0.15) is 17.8 Å². The van der Waals surface area contributed by atoms with Crippen LogP contribution in [0.3, 0.4) is 0 Å². The molecule has 2 heterocycles. The summed E-state index contributed by atoms with van der Waals surface area (Å²) in [4.78, 5) is 5.26. The van der Waals surface area contributed by atoms with Crippen molar-refractivity contribution in [2.75, 3.05) is 0 Å². The molecule has 0 radical (unpaired) electrons. The number of nitrogens with zero attached hydrogens (tertiary/aromatic N) is 3. The van der Waals surface area contributed by atoms with E-state index in [9.17, 15) is 0 Å². The number of rotatable bonds is 3. The zero-order valence-electron chi connectivity index (χ0n) is 7.62. The van der Waals surface area contributed by atoms with Gasteiger partial charge in [-0.15, -0.1) is 27.8 Å². The highest BCUT2D eigenvalue weighted by Crippen LogP contribution is 2.24. The first-order valence-electron chi connectivity index (χ1n) is 4.20. The molecule has 2 aromatic rings. The zero-order valence-corrected chi connectivity index (χ0v) is 9.26.